The van der Waals surface area contributed by atoms with Crippen LogP contribution in [0.3, 0.4) is 0 Å². The van der Waals surface area contributed by atoms with E-state index in [1.54, 1.807) is 0 Å². The molecule has 1 aliphatic carbocycles. The molecule has 4 heteroatoms. The number of likely N-dealkylation sites (tertiary alicyclic amines) is 1. The number of carbonyl (C=O) groups is 3. The molecule has 1 saturated heterocycles. The fraction of sp³-hybridized carbons (Fsp3) is 0.700. The van der Waals surface area contributed by atoms with Gasteiger partial charge in [-0.25, -0.2) is 0 Å². The minimum atomic E-state index is -0.133. The molecule has 0 aromatic heterocycles. The number of aldehydes is 1. The SMILES string of the molecule is O=CCN1C(=O)C2CCCCC2C1=O. The van der Waals surface area contributed by atoms with E-state index in [9.17, 15) is 14.4 Å². The second-order valence-corrected chi connectivity index (χ2v) is 3.95. The molecule has 1 aliphatic heterocycles. The van der Waals surface area contributed by atoms with Crippen LogP contribution in [0.25, 0.3) is 0 Å². The third-order valence-electron chi connectivity index (χ3n) is 3.19. The minimum absolute atomic E-state index is 0.0648. The van der Waals surface area contributed by atoms with Gasteiger partial charge in [0, 0.05) is 0 Å². The number of hydrogen-bond donors (Lipinski definition) is 0. The first-order valence-corrected chi connectivity index (χ1v) is 5.04. The maximum atomic E-state index is 11.7. The van der Waals surface area contributed by atoms with Gasteiger partial charge in [0.05, 0.1) is 18.4 Å². The van der Waals surface area contributed by atoms with Gasteiger partial charge in [-0.05, 0) is 12.8 Å². The van der Waals surface area contributed by atoms with Crippen LogP contribution in [0.2, 0.25) is 0 Å². The molecule has 0 aromatic rings. The zero-order valence-electron chi connectivity index (χ0n) is 7.94. The fourth-order valence-electron chi connectivity index (χ4n) is 2.49. The number of hydrogen-bond acceptors (Lipinski definition) is 3. The van der Waals surface area contributed by atoms with Crippen LogP contribution < -0.4 is 0 Å². The van der Waals surface area contributed by atoms with E-state index in [1.807, 2.05) is 0 Å². The molecule has 0 spiro atoms. The first-order chi connectivity index (χ1) is 6.75. The number of rotatable bonds is 2. The number of imide groups is 1. The lowest BCUT2D eigenvalue weighted by Gasteiger charge is -2.19. The summed E-state index contributed by atoms with van der Waals surface area (Å²) in [5.74, 6) is -0.522. The Labute approximate surface area is 82.3 Å². The summed E-state index contributed by atoms with van der Waals surface area (Å²) < 4.78 is 0. The summed E-state index contributed by atoms with van der Waals surface area (Å²) in [5.41, 5.74) is 0. The van der Waals surface area contributed by atoms with Crippen molar-refractivity contribution in [2.24, 2.45) is 11.8 Å². The summed E-state index contributed by atoms with van der Waals surface area (Å²) in [6.45, 7) is -0.0648. The average Bonchev–Trinajstić information content (AvgIpc) is 2.45. The highest BCUT2D eigenvalue weighted by Crippen LogP contribution is 2.37. The van der Waals surface area contributed by atoms with E-state index in [4.69, 9.17) is 0 Å². The first kappa shape index (κ1) is 9.37. The topological polar surface area (TPSA) is 54.5 Å². The molecule has 0 radical (unpaired) electrons. The average molecular weight is 195 g/mol. The van der Waals surface area contributed by atoms with Crippen LogP contribution in [0.15, 0.2) is 0 Å². The van der Waals surface area contributed by atoms with E-state index in [0.717, 1.165) is 30.6 Å². The Morgan fingerprint density at radius 2 is 1.64 bits per heavy atom. The lowest BCUT2D eigenvalue weighted by Crippen LogP contribution is -2.32. The van der Waals surface area contributed by atoms with Gasteiger partial charge in [-0.15, -0.1) is 0 Å². The predicted molar refractivity (Wildman–Crippen MR) is 48.2 cm³/mol. The van der Waals surface area contributed by atoms with Gasteiger partial charge < -0.3 is 4.79 Å². The maximum Gasteiger partial charge on any atom is 0.233 e. The van der Waals surface area contributed by atoms with Crippen LogP contribution in [-0.4, -0.2) is 29.5 Å². The van der Waals surface area contributed by atoms with Crippen LogP contribution in [0.5, 0.6) is 0 Å². The molecule has 76 valence electrons. The second-order valence-electron chi connectivity index (χ2n) is 3.95. The third kappa shape index (κ3) is 1.25. The van der Waals surface area contributed by atoms with Crippen molar-refractivity contribution in [3.8, 4) is 0 Å². The van der Waals surface area contributed by atoms with Crippen molar-refractivity contribution >= 4 is 18.1 Å². The molecular weight excluding hydrogens is 182 g/mol. The molecular formula is C10H13NO3. The molecule has 0 bridgehead atoms. The van der Waals surface area contributed by atoms with E-state index < -0.39 is 0 Å². The lowest BCUT2D eigenvalue weighted by atomic mass is 9.81. The molecule has 2 atom stereocenters. The van der Waals surface area contributed by atoms with E-state index in [2.05, 4.69) is 0 Å². The van der Waals surface area contributed by atoms with Gasteiger partial charge in [-0.2, -0.15) is 0 Å². The van der Waals surface area contributed by atoms with Gasteiger partial charge in [0.15, 0.2) is 0 Å². The zero-order valence-corrected chi connectivity index (χ0v) is 7.94. The van der Waals surface area contributed by atoms with Crippen molar-refractivity contribution in [2.45, 2.75) is 25.7 Å². The fourth-order valence-corrected chi connectivity index (χ4v) is 2.49. The highest BCUT2D eigenvalue weighted by molar-refractivity contribution is 6.06. The van der Waals surface area contributed by atoms with Crippen molar-refractivity contribution in [1.82, 2.24) is 4.90 Å². The van der Waals surface area contributed by atoms with Crippen LogP contribution in [0.1, 0.15) is 25.7 Å². The van der Waals surface area contributed by atoms with Gasteiger partial charge in [-0.3, -0.25) is 14.5 Å². The maximum absolute atomic E-state index is 11.7. The molecule has 2 fully saturated rings. The normalized spacial score (nSPS) is 31.9. The monoisotopic (exact) mass is 195 g/mol. The molecule has 0 aromatic carbocycles. The molecule has 14 heavy (non-hydrogen) atoms. The number of fused-ring (bicyclic) bond motifs is 1. The van der Waals surface area contributed by atoms with Crippen LogP contribution >= 0.6 is 0 Å². The van der Waals surface area contributed by atoms with E-state index >= 15 is 0 Å². The van der Waals surface area contributed by atoms with Crippen molar-refractivity contribution in [3.63, 3.8) is 0 Å². The van der Waals surface area contributed by atoms with Gasteiger partial charge in [0.1, 0.15) is 6.29 Å². The Kier molecular flexibility index (Phi) is 2.35. The van der Waals surface area contributed by atoms with Gasteiger partial charge in [0.25, 0.3) is 0 Å². The molecule has 0 N–H and O–H groups in total. The van der Waals surface area contributed by atoms with Crippen molar-refractivity contribution in [1.29, 1.82) is 0 Å². The van der Waals surface area contributed by atoms with Crippen LogP contribution in [0.4, 0.5) is 0 Å². The lowest BCUT2D eigenvalue weighted by molar-refractivity contribution is -0.141. The van der Waals surface area contributed by atoms with Crippen molar-refractivity contribution in [3.05, 3.63) is 0 Å². The Morgan fingerprint density at radius 1 is 1.14 bits per heavy atom. The molecule has 1 heterocycles. The molecule has 2 unspecified atom stereocenters. The summed E-state index contributed by atoms with van der Waals surface area (Å²) in [6.07, 6.45) is 4.28. The summed E-state index contributed by atoms with van der Waals surface area (Å²) >= 11 is 0. The number of carbonyl (C=O) groups excluding carboxylic acids is 3. The highest BCUT2D eigenvalue weighted by atomic mass is 16.2. The molecule has 2 aliphatic rings. The summed E-state index contributed by atoms with van der Waals surface area (Å²) in [7, 11) is 0. The van der Waals surface area contributed by atoms with Gasteiger partial charge in [0.2, 0.25) is 11.8 Å². The number of nitrogens with zero attached hydrogens (tertiary/aromatic N) is 1. The quantitative estimate of drug-likeness (QED) is 0.472. The second kappa shape index (κ2) is 3.52. The van der Waals surface area contributed by atoms with Crippen molar-refractivity contribution < 1.29 is 14.4 Å². The Bertz CT molecular complexity index is 263. The summed E-state index contributed by atoms with van der Waals surface area (Å²) in [6, 6.07) is 0. The smallest absolute Gasteiger partial charge is 0.233 e. The summed E-state index contributed by atoms with van der Waals surface area (Å²) in [5, 5.41) is 0. The molecule has 2 amide bonds. The molecule has 1 saturated carbocycles. The summed E-state index contributed by atoms with van der Waals surface area (Å²) in [4.78, 5) is 34.8. The van der Waals surface area contributed by atoms with Crippen molar-refractivity contribution in [2.75, 3.05) is 6.54 Å². The van der Waals surface area contributed by atoms with Crippen LogP contribution in [0, 0.1) is 11.8 Å². The minimum Gasteiger partial charge on any atom is -0.301 e. The van der Waals surface area contributed by atoms with E-state index in [1.165, 1.54) is 0 Å². The first-order valence-electron chi connectivity index (χ1n) is 5.04. The van der Waals surface area contributed by atoms with E-state index in [0.29, 0.717) is 6.29 Å². The Morgan fingerprint density at radius 3 is 2.07 bits per heavy atom. The van der Waals surface area contributed by atoms with Gasteiger partial charge >= 0.3 is 0 Å². The molecule has 4 nitrogen and oxygen atoms in total. The van der Waals surface area contributed by atoms with Crippen LogP contribution in [-0.2, 0) is 14.4 Å². The zero-order chi connectivity index (χ0) is 10.1. The Balaban J connectivity index is 2.19. The molecule has 2 rings (SSSR count). The standard InChI is InChI=1S/C10H13NO3/c12-6-5-11-9(13)7-3-1-2-4-8(7)10(11)14/h6-8H,1-5H2. The largest absolute Gasteiger partial charge is 0.301 e. The predicted octanol–water partition coefficient (Wildman–Crippen LogP) is 0.360. The Hall–Kier alpha value is -1.19. The highest BCUT2D eigenvalue weighted by Gasteiger charge is 2.47. The van der Waals surface area contributed by atoms with Gasteiger partial charge in [-0.1, -0.05) is 12.8 Å². The number of amides is 2. The van der Waals surface area contributed by atoms with E-state index in [-0.39, 0.29) is 30.2 Å². The third-order valence-corrected chi connectivity index (χ3v) is 3.19.